The number of hydrogen-bond donors (Lipinski definition) is 2. The molecule has 3 aromatic heterocycles. The zero-order valence-electron chi connectivity index (χ0n) is 15.6. The Bertz CT molecular complexity index is 1230. The number of nitrogens with one attached hydrogen (secondary N) is 1. The van der Waals surface area contributed by atoms with Gasteiger partial charge in [-0.25, -0.2) is 0 Å². The average molecular weight is 420 g/mol. The smallest absolute Gasteiger partial charge is 0.287 e. The minimum Gasteiger partial charge on any atom is -0.464 e. The zero-order valence-corrected chi connectivity index (χ0v) is 16.4. The summed E-state index contributed by atoms with van der Waals surface area (Å²) in [6.07, 6.45) is 4.71. The summed E-state index contributed by atoms with van der Waals surface area (Å²) in [5.74, 6) is -2.55. The van der Waals surface area contributed by atoms with Gasteiger partial charge in [0.1, 0.15) is 16.5 Å². The Morgan fingerprint density at radius 3 is 2.70 bits per heavy atom. The molecule has 1 atom stereocenters. The molecule has 3 heterocycles. The fourth-order valence-corrected chi connectivity index (χ4v) is 3.78. The van der Waals surface area contributed by atoms with Crippen molar-refractivity contribution in [3.63, 3.8) is 0 Å². The Morgan fingerprint density at radius 2 is 1.93 bits per heavy atom. The van der Waals surface area contributed by atoms with E-state index in [9.17, 15) is 14.4 Å². The first kappa shape index (κ1) is 19.5. The summed E-state index contributed by atoms with van der Waals surface area (Å²) in [4.78, 5) is 41.4. The molecule has 0 fully saturated rings. The van der Waals surface area contributed by atoms with Crippen LogP contribution in [0.15, 0.2) is 65.5 Å². The largest absolute Gasteiger partial charge is 0.464 e. The van der Waals surface area contributed by atoms with Crippen LogP contribution in [0.3, 0.4) is 0 Å². The molecular weight excluding hydrogens is 404 g/mol. The number of amides is 2. The summed E-state index contributed by atoms with van der Waals surface area (Å²) in [5, 5.41) is 3.42. The predicted octanol–water partition coefficient (Wildman–Crippen LogP) is 2.35. The highest BCUT2D eigenvalue weighted by molar-refractivity contribution is 7.08. The van der Waals surface area contributed by atoms with Crippen LogP contribution in [0.2, 0.25) is 0 Å². The van der Waals surface area contributed by atoms with Gasteiger partial charge in [0.25, 0.3) is 11.8 Å². The van der Waals surface area contributed by atoms with Crippen LogP contribution in [0, 0.1) is 0 Å². The number of hydrogen-bond acceptors (Lipinski definition) is 7. The lowest BCUT2D eigenvalue weighted by Gasteiger charge is -2.15. The lowest BCUT2D eigenvalue weighted by molar-refractivity contribution is -0.137. The predicted molar refractivity (Wildman–Crippen MR) is 111 cm³/mol. The van der Waals surface area contributed by atoms with Crippen molar-refractivity contribution in [2.45, 2.75) is 12.5 Å². The molecule has 0 aliphatic rings. The minimum atomic E-state index is -1.14. The Balaban J connectivity index is 1.62. The van der Waals surface area contributed by atoms with Gasteiger partial charge < -0.3 is 15.5 Å². The van der Waals surface area contributed by atoms with E-state index in [2.05, 4.69) is 14.7 Å². The maximum atomic E-state index is 12.9. The molecule has 0 radical (unpaired) electrons. The summed E-state index contributed by atoms with van der Waals surface area (Å²) in [6, 6.07) is 11.5. The molecule has 150 valence electrons. The van der Waals surface area contributed by atoms with Gasteiger partial charge in [-0.2, -0.15) is 4.37 Å². The monoisotopic (exact) mass is 420 g/mol. The van der Waals surface area contributed by atoms with Gasteiger partial charge in [-0.05, 0) is 29.7 Å². The van der Waals surface area contributed by atoms with Crippen LogP contribution in [0.1, 0.15) is 15.2 Å². The fraction of sp³-hybridized carbons (Fsp3) is 0.0952. The van der Waals surface area contributed by atoms with Gasteiger partial charge in [0.05, 0.1) is 18.2 Å². The van der Waals surface area contributed by atoms with Crippen LogP contribution in [-0.2, 0) is 16.0 Å². The highest BCUT2D eigenvalue weighted by atomic mass is 32.1. The van der Waals surface area contributed by atoms with E-state index < -0.39 is 23.6 Å². The van der Waals surface area contributed by atoms with E-state index in [1.807, 2.05) is 18.2 Å². The minimum absolute atomic E-state index is 0.0578. The summed E-state index contributed by atoms with van der Waals surface area (Å²) in [5.41, 5.74) is 7.65. The molecule has 2 amide bonds. The number of ketones is 1. The molecule has 8 nitrogen and oxygen atoms in total. The van der Waals surface area contributed by atoms with Crippen molar-refractivity contribution in [2.75, 3.05) is 0 Å². The second-order valence-corrected chi connectivity index (χ2v) is 7.30. The molecule has 0 spiro atoms. The van der Waals surface area contributed by atoms with Gasteiger partial charge in [-0.3, -0.25) is 19.4 Å². The first-order valence-corrected chi connectivity index (χ1v) is 9.77. The number of rotatable bonds is 7. The van der Waals surface area contributed by atoms with Gasteiger partial charge in [0, 0.05) is 29.1 Å². The average Bonchev–Trinajstić information content (AvgIpc) is 3.41. The third-order valence-electron chi connectivity index (χ3n) is 4.57. The van der Waals surface area contributed by atoms with Crippen molar-refractivity contribution in [2.24, 2.45) is 5.73 Å². The SMILES string of the molecule is NC(=O)C(=O)C(Cc1coc2ccccc12)NC(=O)c1sncc1-c1ccccn1. The quantitative estimate of drug-likeness (QED) is 0.442. The summed E-state index contributed by atoms with van der Waals surface area (Å²) < 4.78 is 9.56. The molecule has 9 heteroatoms. The maximum absolute atomic E-state index is 12.9. The van der Waals surface area contributed by atoms with Gasteiger partial charge >= 0.3 is 0 Å². The van der Waals surface area contributed by atoms with Crippen molar-refractivity contribution >= 4 is 40.1 Å². The number of fused-ring (bicyclic) bond motifs is 1. The molecular formula is C21H16N4O4S. The Kier molecular flexibility index (Phi) is 5.36. The molecule has 0 bridgehead atoms. The Hall–Kier alpha value is -3.85. The van der Waals surface area contributed by atoms with Crippen molar-refractivity contribution in [1.82, 2.24) is 14.7 Å². The van der Waals surface area contributed by atoms with E-state index in [0.717, 1.165) is 16.9 Å². The van der Waals surface area contributed by atoms with E-state index in [4.69, 9.17) is 10.2 Å². The number of primary amides is 1. The number of pyridine rings is 1. The molecule has 3 N–H and O–H groups in total. The van der Waals surface area contributed by atoms with Crippen molar-refractivity contribution < 1.29 is 18.8 Å². The van der Waals surface area contributed by atoms with Gasteiger partial charge in [0.15, 0.2) is 0 Å². The van der Waals surface area contributed by atoms with E-state index in [0.29, 0.717) is 22.4 Å². The van der Waals surface area contributed by atoms with Crippen LogP contribution >= 0.6 is 11.5 Å². The molecule has 30 heavy (non-hydrogen) atoms. The molecule has 0 aliphatic carbocycles. The third-order valence-corrected chi connectivity index (χ3v) is 5.37. The number of Topliss-reactive ketones (excluding diaryl/α,β-unsaturated/α-hetero) is 1. The number of para-hydroxylation sites is 1. The first-order valence-electron chi connectivity index (χ1n) is 9.00. The van der Waals surface area contributed by atoms with Gasteiger partial charge in [0.2, 0.25) is 5.78 Å². The number of carbonyl (C=O) groups excluding carboxylic acids is 3. The number of furan rings is 1. The van der Waals surface area contributed by atoms with Crippen molar-refractivity contribution in [3.05, 3.63) is 71.6 Å². The van der Waals surface area contributed by atoms with Crippen LogP contribution in [-0.4, -0.2) is 33.0 Å². The van der Waals surface area contributed by atoms with Crippen LogP contribution < -0.4 is 11.1 Å². The molecule has 0 saturated carbocycles. The Labute approximate surface area is 174 Å². The lowest BCUT2D eigenvalue weighted by Crippen LogP contribution is -2.47. The fourth-order valence-electron chi connectivity index (χ4n) is 3.12. The summed E-state index contributed by atoms with van der Waals surface area (Å²) in [7, 11) is 0. The first-order chi connectivity index (χ1) is 14.5. The third kappa shape index (κ3) is 3.83. The van der Waals surface area contributed by atoms with E-state index >= 15 is 0 Å². The second-order valence-electron chi connectivity index (χ2n) is 6.50. The zero-order chi connectivity index (χ0) is 21.1. The molecule has 0 aliphatic heterocycles. The number of nitrogens with zero attached hydrogens (tertiary/aromatic N) is 2. The molecule has 1 unspecified atom stereocenters. The second kappa shape index (κ2) is 8.26. The highest BCUT2D eigenvalue weighted by Crippen LogP contribution is 2.25. The van der Waals surface area contributed by atoms with Crippen molar-refractivity contribution in [3.8, 4) is 11.3 Å². The summed E-state index contributed by atoms with van der Waals surface area (Å²) >= 11 is 0.977. The Morgan fingerprint density at radius 1 is 1.13 bits per heavy atom. The summed E-state index contributed by atoms with van der Waals surface area (Å²) in [6.45, 7) is 0. The molecule has 1 aromatic carbocycles. The van der Waals surface area contributed by atoms with Crippen LogP contribution in [0.25, 0.3) is 22.2 Å². The number of nitrogens with two attached hydrogens (primary N) is 1. The number of carbonyl (C=O) groups is 3. The normalized spacial score (nSPS) is 11.9. The van der Waals surface area contributed by atoms with E-state index in [1.165, 1.54) is 12.5 Å². The number of aromatic nitrogens is 2. The van der Waals surface area contributed by atoms with E-state index in [-0.39, 0.29) is 11.3 Å². The lowest BCUT2D eigenvalue weighted by atomic mass is 10.0. The molecule has 4 rings (SSSR count). The standard InChI is InChI=1S/C21H16N4O4S/c22-20(27)18(26)16(9-12-11-29-17-7-2-1-5-13(12)17)25-21(28)19-14(10-24-30-19)15-6-3-4-8-23-15/h1-8,10-11,16H,9H2,(H2,22,27)(H,25,28). The molecule has 0 saturated heterocycles. The van der Waals surface area contributed by atoms with Gasteiger partial charge in [-0.15, -0.1) is 0 Å². The number of benzene rings is 1. The van der Waals surface area contributed by atoms with Crippen LogP contribution in [0.5, 0.6) is 0 Å². The highest BCUT2D eigenvalue weighted by Gasteiger charge is 2.28. The van der Waals surface area contributed by atoms with Crippen LogP contribution in [0.4, 0.5) is 0 Å². The maximum Gasteiger partial charge on any atom is 0.287 e. The van der Waals surface area contributed by atoms with Gasteiger partial charge in [-0.1, -0.05) is 24.3 Å². The van der Waals surface area contributed by atoms with E-state index in [1.54, 1.807) is 30.5 Å². The topological polar surface area (TPSA) is 128 Å². The van der Waals surface area contributed by atoms with Crippen molar-refractivity contribution in [1.29, 1.82) is 0 Å². The molecule has 4 aromatic rings.